The van der Waals surface area contributed by atoms with E-state index in [0.29, 0.717) is 35.5 Å². The van der Waals surface area contributed by atoms with Crippen LogP contribution in [0.1, 0.15) is 11.3 Å². The summed E-state index contributed by atoms with van der Waals surface area (Å²) in [4.78, 5) is 0. The molecule has 1 heterocycles. The number of thiocarbonyl (C=S) groups is 1. The van der Waals surface area contributed by atoms with E-state index >= 15 is 0 Å². The Morgan fingerprint density at radius 1 is 1.00 bits per heavy atom. The Balaban J connectivity index is 1.97. The highest BCUT2D eigenvalue weighted by Crippen LogP contribution is 2.34. The Bertz CT molecular complexity index is 644. The molecule has 0 fully saturated rings. The van der Waals surface area contributed by atoms with Gasteiger partial charge in [0, 0.05) is 18.2 Å². The molecule has 0 saturated carbocycles. The first-order chi connectivity index (χ1) is 11.2. The van der Waals surface area contributed by atoms with E-state index < -0.39 is 0 Å². The van der Waals surface area contributed by atoms with Crippen LogP contribution in [0.4, 0.5) is 0 Å². The van der Waals surface area contributed by atoms with E-state index in [2.05, 4.69) is 10.6 Å². The maximum absolute atomic E-state index is 5.38. The van der Waals surface area contributed by atoms with E-state index in [0.717, 1.165) is 11.3 Å². The Morgan fingerprint density at radius 2 is 1.65 bits per heavy atom. The topological polar surface area (TPSA) is 64.9 Å². The molecule has 1 aromatic carbocycles. The van der Waals surface area contributed by atoms with Gasteiger partial charge in [0.2, 0.25) is 0 Å². The van der Waals surface area contributed by atoms with Gasteiger partial charge in [-0.2, -0.15) is 0 Å². The molecule has 2 aromatic rings. The third kappa shape index (κ3) is 4.53. The van der Waals surface area contributed by atoms with Gasteiger partial charge >= 0.3 is 0 Å². The van der Waals surface area contributed by atoms with Crippen molar-refractivity contribution in [3.63, 3.8) is 0 Å². The summed E-state index contributed by atoms with van der Waals surface area (Å²) in [6.07, 6.45) is 1.63. The van der Waals surface area contributed by atoms with Crippen molar-refractivity contribution in [1.82, 2.24) is 10.6 Å². The molecule has 23 heavy (non-hydrogen) atoms. The molecule has 0 atom stereocenters. The number of rotatable bonds is 7. The van der Waals surface area contributed by atoms with Crippen molar-refractivity contribution in [1.29, 1.82) is 0 Å². The van der Waals surface area contributed by atoms with Gasteiger partial charge < -0.3 is 29.3 Å². The first kappa shape index (κ1) is 17.0. The average molecular weight is 336 g/mol. The molecule has 124 valence electrons. The van der Waals surface area contributed by atoms with Crippen LogP contribution in [0.15, 0.2) is 34.9 Å². The van der Waals surface area contributed by atoms with Crippen LogP contribution >= 0.6 is 12.2 Å². The Hall–Kier alpha value is -2.41. The molecule has 0 amide bonds. The van der Waals surface area contributed by atoms with Crippen molar-refractivity contribution in [2.45, 2.75) is 13.1 Å². The summed E-state index contributed by atoms with van der Waals surface area (Å²) in [5.41, 5.74) is 0.910. The molecule has 0 aliphatic rings. The van der Waals surface area contributed by atoms with Crippen LogP contribution in [0.5, 0.6) is 17.2 Å². The maximum Gasteiger partial charge on any atom is 0.166 e. The van der Waals surface area contributed by atoms with Crippen molar-refractivity contribution < 1.29 is 18.6 Å². The fourth-order valence-electron chi connectivity index (χ4n) is 2.05. The summed E-state index contributed by atoms with van der Waals surface area (Å²) in [7, 11) is 4.79. The highest BCUT2D eigenvalue weighted by Gasteiger charge is 2.12. The van der Waals surface area contributed by atoms with E-state index in [1.165, 1.54) is 0 Å². The van der Waals surface area contributed by atoms with Gasteiger partial charge in [-0.15, -0.1) is 0 Å². The summed E-state index contributed by atoms with van der Waals surface area (Å²) in [6.45, 7) is 1.02. The van der Waals surface area contributed by atoms with Gasteiger partial charge in [-0.25, -0.2) is 0 Å². The van der Waals surface area contributed by atoms with Gasteiger partial charge in [0.25, 0.3) is 0 Å². The zero-order chi connectivity index (χ0) is 16.7. The molecule has 1 aromatic heterocycles. The number of methoxy groups -OCH3 is 3. The summed E-state index contributed by atoms with van der Waals surface area (Å²) < 4.78 is 21.2. The molecule has 2 N–H and O–H groups in total. The molecule has 6 nitrogen and oxygen atoms in total. The third-order valence-corrected chi connectivity index (χ3v) is 3.52. The molecular formula is C16H20N2O4S. The first-order valence-electron chi connectivity index (χ1n) is 7.01. The van der Waals surface area contributed by atoms with Crippen molar-refractivity contribution in [2.24, 2.45) is 0 Å². The normalized spacial score (nSPS) is 10.0. The van der Waals surface area contributed by atoms with Gasteiger partial charge in [-0.3, -0.25) is 0 Å². The van der Waals surface area contributed by atoms with Crippen LogP contribution < -0.4 is 24.8 Å². The second-order valence-electron chi connectivity index (χ2n) is 4.63. The largest absolute Gasteiger partial charge is 0.496 e. The fourth-order valence-corrected chi connectivity index (χ4v) is 2.19. The number of hydrogen-bond acceptors (Lipinski definition) is 5. The maximum atomic E-state index is 5.38. The SMILES string of the molecule is COc1cc(OC)c(OC)cc1CNC(=S)NCc1ccco1. The van der Waals surface area contributed by atoms with Gasteiger partial charge in [-0.05, 0) is 30.4 Å². The smallest absolute Gasteiger partial charge is 0.166 e. The predicted molar refractivity (Wildman–Crippen MR) is 91.1 cm³/mol. The zero-order valence-corrected chi connectivity index (χ0v) is 14.2. The van der Waals surface area contributed by atoms with Crippen LogP contribution in [0.3, 0.4) is 0 Å². The quantitative estimate of drug-likeness (QED) is 0.753. The molecule has 0 saturated heterocycles. The lowest BCUT2D eigenvalue weighted by atomic mass is 10.1. The predicted octanol–water partition coefficient (Wildman–Crippen LogP) is 2.47. The van der Waals surface area contributed by atoms with Crippen LogP contribution in [0.2, 0.25) is 0 Å². The van der Waals surface area contributed by atoms with E-state index in [1.54, 1.807) is 33.7 Å². The minimum atomic E-state index is 0.494. The van der Waals surface area contributed by atoms with E-state index in [-0.39, 0.29) is 0 Å². The van der Waals surface area contributed by atoms with Gasteiger partial charge in [0.1, 0.15) is 11.5 Å². The van der Waals surface area contributed by atoms with E-state index in [4.69, 9.17) is 30.8 Å². The first-order valence-corrected chi connectivity index (χ1v) is 7.41. The summed E-state index contributed by atoms with van der Waals surface area (Å²) in [6, 6.07) is 7.37. The van der Waals surface area contributed by atoms with Crippen LogP contribution in [-0.2, 0) is 13.1 Å². The highest BCUT2D eigenvalue weighted by molar-refractivity contribution is 7.80. The minimum absolute atomic E-state index is 0.494. The van der Waals surface area contributed by atoms with Crippen molar-refractivity contribution in [3.05, 3.63) is 41.9 Å². The minimum Gasteiger partial charge on any atom is -0.496 e. The Labute approximate surface area is 140 Å². The van der Waals surface area contributed by atoms with Crippen LogP contribution in [0, 0.1) is 0 Å². The molecule has 0 aliphatic heterocycles. The number of hydrogen-bond donors (Lipinski definition) is 2. The van der Waals surface area contributed by atoms with Gasteiger partial charge in [-0.1, -0.05) is 0 Å². The van der Waals surface area contributed by atoms with Crippen molar-refractivity contribution in [2.75, 3.05) is 21.3 Å². The molecule has 0 radical (unpaired) electrons. The Morgan fingerprint density at radius 3 is 2.26 bits per heavy atom. The van der Waals surface area contributed by atoms with Gasteiger partial charge in [0.15, 0.2) is 16.6 Å². The van der Waals surface area contributed by atoms with Crippen molar-refractivity contribution in [3.8, 4) is 17.2 Å². The third-order valence-electron chi connectivity index (χ3n) is 3.23. The van der Waals surface area contributed by atoms with Gasteiger partial charge in [0.05, 0.1) is 34.1 Å². The standard InChI is InChI=1S/C16H20N2O4S/c1-19-13-8-15(21-3)14(20-2)7-11(13)9-17-16(23)18-10-12-5-4-6-22-12/h4-8H,9-10H2,1-3H3,(H2,17,18,23). The molecule has 2 rings (SSSR count). The average Bonchev–Trinajstić information content (AvgIpc) is 3.10. The number of ether oxygens (including phenoxy) is 3. The summed E-state index contributed by atoms with van der Waals surface area (Å²) in [5.74, 6) is 2.77. The second kappa shape index (κ2) is 8.28. The monoisotopic (exact) mass is 336 g/mol. The fraction of sp³-hybridized carbons (Fsp3) is 0.312. The molecule has 0 bridgehead atoms. The van der Waals surface area contributed by atoms with E-state index in [9.17, 15) is 0 Å². The van der Waals surface area contributed by atoms with Crippen molar-refractivity contribution >= 4 is 17.3 Å². The summed E-state index contributed by atoms with van der Waals surface area (Å²) >= 11 is 5.25. The number of furan rings is 1. The number of benzene rings is 1. The molecule has 0 aliphatic carbocycles. The molecule has 7 heteroatoms. The number of nitrogens with one attached hydrogen (secondary N) is 2. The Kier molecular flexibility index (Phi) is 6.10. The molecular weight excluding hydrogens is 316 g/mol. The lowest BCUT2D eigenvalue weighted by molar-refractivity contribution is 0.347. The highest BCUT2D eigenvalue weighted by atomic mass is 32.1. The zero-order valence-electron chi connectivity index (χ0n) is 13.3. The lowest BCUT2D eigenvalue weighted by Crippen LogP contribution is -2.34. The molecule has 0 spiro atoms. The second-order valence-corrected chi connectivity index (χ2v) is 5.04. The lowest BCUT2D eigenvalue weighted by Gasteiger charge is -2.15. The van der Waals surface area contributed by atoms with E-state index in [1.807, 2.05) is 18.2 Å². The van der Waals surface area contributed by atoms with Crippen LogP contribution in [0.25, 0.3) is 0 Å². The summed E-state index contributed by atoms with van der Waals surface area (Å²) in [5, 5.41) is 6.73. The molecule has 0 unspecified atom stereocenters. The van der Waals surface area contributed by atoms with Crippen LogP contribution in [-0.4, -0.2) is 26.4 Å².